The van der Waals surface area contributed by atoms with E-state index in [4.69, 9.17) is 11.6 Å². The van der Waals surface area contributed by atoms with Crippen molar-refractivity contribution in [2.24, 2.45) is 5.92 Å². The second kappa shape index (κ2) is 4.13. The van der Waals surface area contributed by atoms with Gasteiger partial charge in [0, 0.05) is 19.0 Å². The number of nitrogens with zero attached hydrogens (tertiary/aromatic N) is 1. The average Bonchev–Trinajstić information content (AvgIpc) is 2.03. The van der Waals surface area contributed by atoms with E-state index in [1.807, 2.05) is 18.7 Å². The van der Waals surface area contributed by atoms with Gasteiger partial charge in [-0.15, -0.1) is 11.6 Å². The Labute approximate surface area is 78.9 Å². The molecule has 12 heavy (non-hydrogen) atoms. The Kier molecular flexibility index (Phi) is 3.39. The lowest BCUT2D eigenvalue weighted by molar-refractivity contribution is -0.135. The molecule has 1 aliphatic heterocycles. The zero-order valence-corrected chi connectivity index (χ0v) is 8.47. The van der Waals surface area contributed by atoms with Crippen molar-refractivity contribution in [3.8, 4) is 0 Å². The average molecular weight is 190 g/mol. The molecule has 1 fully saturated rings. The van der Waals surface area contributed by atoms with Gasteiger partial charge in [0.15, 0.2) is 0 Å². The molecule has 70 valence electrons. The third kappa shape index (κ3) is 2.37. The Morgan fingerprint density at radius 2 is 2.25 bits per heavy atom. The molecule has 3 heteroatoms. The van der Waals surface area contributed by atoms with Crippen LogP contribution in [0.15, 0.2) is 0 Å². The van der Waals surface area contributed by atoms with E-state index in [0.29, 0.717) is 0 Å². The van der Waals surface area contributed by atoms with Crippen molar-refractivity contribution >= 4 is 17.5 Å². The molecule has 0 bridgehead atoms. The highest BCUT2D eigenvalue weighted by Gasteiger charge is 2.23. The van der Waals surface area contributed by atoms with Crippen LogP contribution >= 0.6 is 11.6 Å². The first-order valence-corrected chi connectivity index (χ1v) is 4.97. The van der Waals surface area contributed by atoms with Crippen molar-refractivity contribution in [1.82, 2.24) is 4.90 Å². The smallest absolute Gasteiger partial charge is 0.225 e. The van der Waals surface area contributed by atoms with Crippen LogP contribution < -0.4 is 0 Å². The summed E-state index contributed by atoms with van der Waals surface area (Å²) in [5.74, 6) is 0.340. The first kappa shape index (κ1) is 9.85. The molecule has 2 nitrogen and oxygen atoms in total. The van der Waals surface area contributed by atoms with Gasteiger partial charge in [0.2, 0.25) is 5.91 Å². The SMILES string of the molecule is CC(C)C(=O)N1CCCC(Cl)C1. The van der Waals surface area contributed by atoms with E-state index < -0.39 is 0 Å². The fourth-order valence-corrected chi connectivity index (χ4v) is 1.81. The predicted molar refractivity (Wildman–Crippen MR) is 50.3 cm³/mol. The second-order valence-corrected chi connectivity index (χ2v) is 4.30. The van der Waals surface area contributed by atoms with Crippen LogP contribution in [0.5, 0.6) is 0 Å². The van der Waals surface area contributed by atoms with Crippen LogP contribution in [0.1, 0.15) is 26.7 Å². The maximum atomic E-state index is 11.5. The molecule has 0 aliphatic carbocycles. The summed E-state index contributed by atoms with van der Waals surface area (Å²) in [7, 11) is 0. The molecule has 0 N–H and O–H groups in total. The van der Waals surface area contributed by atoms with E-state index in [9.17, 15) is 4.79 Å². The van der Waals surface area contributed by atoms with Crippen molar-refractivity contribution in [2.45, 2.75) is 32.1 Å². The molecule has 1 heterocycles. The molecule has 1 unspecified atom stereocenters. The molecule has 1 atom stereocenters. The molecule has 0 radical (unpaired) electrons. The highest BCUT2D eigenvalue weighted by Crippen LogP contribution is 2.16. The van der Waals surface area contributed by atoms with Crippen LogP contribution in [0.4, 0.5) is 0 Å². The van der Waals surface area contributed by atoms with Crippen LogP contribution in [-0.4, -0.2) is 29.3 Å². The highest BCUT2D eigenvalue weighted by molar-refractivity contribution is 6.20. The van der Waals surface area contributed by atoms with Gasteiger partial charge in [-0.05, 0) is 12.8 Å². The summed E-state index contributed by atoms with van der Waals surface area (Å²) in [5, 5.41) is 0.168. The molecular formula is C9H16ClNO. The third-order valence-electron chi connectivity index (χ3n) is 2.17. The number of hydrogen-bond acceptors (Lipinski definition) is 1. The number of amides is 1. The fourth-order valence-electron chi connectivity index (χ4n) is 1.49. The summed E-state index contributed by atoms with van der Waals surface area (Å²) in [6.45, 7) is 5.49. The van der Waals surface area contributed by atoms with Gasteiger partial charge in [0.25, 0.3) is 0 Å². The largest absolute Gasteiger partial charge is 0.341 e. The van der Waals surface area contributed by atoms with E-state index in [1.165, 1.54) is 0 Å². The van der Waals surface area contributed by atoms with Gasteiger partial charge in [0.05, 0.1) is 5.38 Å². The Balaban J connectivity index is 2.46. The van der Waals surface area contributed by atoms with Crippen LogP contribution in [-0.2, 0) is 4.79 Å². The summed E-state index contributed by atoms with van der Waals surface area (Å²) < 4.78 is 0. The Morgan fingerprint density at radius 1 is 1.58 bits per heavy atom. The number of likely N-dealkylation sites (tertiary alicyclic amines) is 1. The lowest BCUT2D eigenvalue weighted by Gasteiger charge is -2.31. The minimum atomic E-state index is 0.104. The molecule has 0 aromatic rings. The van der Waals surface area contributed by atoms with Gasteiger partial charge < -0.3 is 4.90 Å². The zero-order chi connectivity index (χ0) is 9.14. The summed E-state index contributed by atoms with van der Waals surface area (Å²) in [4.78, 5) is 13.4. The highest BCUT2D eigenvalue weighted by atomic mass is 35.5. The molecule has 0 aromatic heterocycles. The molecule has 0 spiro atoms. The monoisotopic (exact) mass is 189 g/mol. The summed E-state index contributed by atoms with van der Waals surface area (Å²) in [5.41, 5.74) is 0. The maximum Gasteiger partial charge on any atom is 0.225 e. The molecule has 0 aromatic carbocycles. The zero-order valence-electron chi connectivity index (χ0n) is 7.72. The van der Waals surface area contributed by atoms with Gasteiger partial charge in [-0.3, -0.25) is 4.79 Å². The molecule has 0 saturated carbocycles. The number of piperidine rings is 1. The van der Waals surface area contributed by atoms with Crippen molar-refractivity contribution in [3.63, 3.8) is 0 Å². The van der Waals surface area contributed by atoms with Crippen molar-refractivity contribution < 1.29 is 4.79 Å². The maximum absolute atomic E-state index is 11.5. The Morgan fingerprint density at radius 3 is 2.75 bits per heavy atom. The van der Waals surface area contributed by atoms with Gasteiger partial charge in [-0.25, -0.2) is 0 Å². The summed E-state index contributed by atoms with van der Waals surface area (Å²) in [6, 6.07) is 0. The minimum absolute atomic E-state index is 0.104. The predicted octanol–water partition coefficient (Wildman–Crippen LogP) is 1.87. The summed E-state index contributed by atoms with van der Waals surface area (Å²) >= 11 is 5.97. The van der Waals surface area contributed by atoms with E-state index in [0.717, 1.165) is 25.9 Å². The summed E-state index contributed by atoms with van der Waals surface area (Å²) in [6.07, 6.45) is 2.09. The topological polar surface area (TPSA) is 20.3 Å². The number of alkyl halides is 1. The van der Waals surface area contributed by atoms with Gasteiger partial charge in [-0.1, -0.05) is 13.8 Å². The van der Waals surface area contributed by atoms with E-state index in [1.54, 1.807) is 0 Å². The number of rotatable bonds is 1. The first-order valence-electron chi connectivity index (χ1n) is 4.54. The fraction of sp³-hybridized carbons (Fsp3) is 0.889. The van der Waals surface area contributed by atoms with E-state index in [-0.39, 0.29) is 17.2 Å². The van der Waals surface area contributed by atoms with Crippen molar-refractivity contribution in [3.05, 3.63) is 0 Å². The molecule has 1 amide bonds. The minimum Gasteiger partial charge on any atom is -0.341 e. The van der Waals surface area contributed by atoms with Crippen LogP contribution in [0, 0.1) is 5.92 Å². The number of halogens is 1. The number of hydrogen-bond donors (Lipinski definition) is 0. The van der Waals surface area contributed by atoms with Gasteiger partial charge in [0.1, 0.15) is 0 Å². The van der Waals surface area contributed by atoms with Crippen LogP contribution in [0.3, 0.4) is 0 Å². The standard InChI is InChI=1S/C9H16ClNO/c1-7(2)9(12)11-5-3-4-8(10)6-11/h7-8H,3-6H2,1-2H3. The Bertz CT molecular complexity index is 170. The lowest BCUT2D eigenvalue weighted by atomic mass is 10.1. The Hall–Kier alpha value is -0.240. The molecular weight excluding hydrogens is 174 g/mol. The van der Waals surface area contributed by atoms with Crippen LogP contribution in [0.2, 0.25) is 0 Å². The van der Waals surface area contributed by atoms with Crippen molar-refractivity contribution in [1.29, 1.82) is 0 Å². The van der Waals surface area contributed by atoms with E-state index in [2.05, 4.69) is 0 Å². The van der Waals surface area contributed by atoms with Gasteiger partial charge in [-0.2, -0.15) is 0 Å². The quantitative estimate of drug-likeness (QED) is 0.577. The molecule has 1 rings (SSSR count). The van der Waals surface area contributed by atoms with Gasteiger partial charge >= 0.3 is 0 Å². The van der Waals surface area contributed by atoms with E-state index >= 15 is 0 Å². The van der Waals surface area contributed by atoms with Crippen LogP contribution in [0.25, 0.3) is 0 Å². The normalized spacial score (nSPS) is 24.7. The van der Waals surface area contributed by atoms with Crippen molar-refractivity contribution in [2.75, 3.05) is 13.1 Å². The molecule has 1 saturated heterocycles. The first-order chi connectivity index (χ1) is 5.61. The third-order valence-corrected chi connectivity index (χ3v) is 2.53. The lowest BCUT2D eigenvalue weighted by Crippen LogP contribution is -2.42. The number of carbonyl (C=O) groups is 1. The second-order valence-electron chi connectivity index (χ2n) is 3.68. The number of carbonyl (C=O) groups excluding carboxylic acids is 1. The molecule has 1 aliphatic rings.